The van der Waals surface area contributed by atoms with Crippen LogP contribution in [0.1, 0.15) is 13.8 Å². The highest BCUT2D eigenvalue weighted by Gasteiger charge is 2.04. The molecule has 5 nitrogen and oxygen atoms in total. The zero-order valence-electron chi connectivity index (χ0n) is 14.7. The van der Waals surface area contributed by atoms with Gasteiger partial charge < -0.3 is 20.1 Å². The molecule has 0 heterocycles. The second kappa shape index (κ2) is 9.37. The molecule has 2 N–H and O–H groups in total. The normalized spacial score (nSPS) is 10.0. The SMILES string of the molecule is C=C(C)COc1cccc(NC(=O)CNc2ccc(OCC)cc2)c1. The van der Waals surface area contributed by atoms with Gasteiger partial charge in [-0.2, -0.15) is 0 Å². The molecular weight excluding hydrogens is 316 g/mol. The van der Waals surface area contributed by atoms with Crippen LogP contribution in [0.2, 0.25) is 0 Å². The van der Waals surface area contributed by atoms with E-state index in [-0.39, 0.29) is 12.5 Å². The van der Waals surface area contributed by atoms with Crippen molar-refractivity contribution in [2.45, 2.75) is 13.8 Å². The average molecular weight is 340 g/mol. The molecule has 0 aliphatic heterocycles. The lowest BCUT2D eigenvalue weighted by Gasteiger charge is -2.10. The van der Waals surface area contributed by atoms with Gasteiger partial charge in [-0.05, 0) is 55.8 Å². The van der Waals surface area contributed by atoms with Gasteiger partial charge >= 0.3 is 0 Å². The van der Waals surface area contributed by atoms with Crippen molar-refractivity contribution in [3.8, 4) is 11.5 Å². The van der Waals surface area contributed by atoms with Crippen LogP contribution in [-0.4, -0.2) is 25.7 Å². The van der Waals surface area contributed by atoms with Crippen LogP contribution in [0.5, 0.6) is 11.5 Å². The monoisotopic (exact) mass is 340 g/mol. The number of ether oxygens (including phenoxy) is 2. The van der Waals surface area contributed by atoms with Gasteiger partial charge in [-0.25, -0.2) is 0 Å². The van der Waals surface area contributed by atoms with E-state index in [1.165, 1.54) is 0 Å². The lowest BCUT2D eigenvalue weighted by atomic mass is 10.3. The number of hydrogen-bond donors (Lipinski definition) is 2. The minimum atomic E-state index is -0.133. The number of anilines is 2. The molecule has 0 saturated heterocycles. The van der Waals surface area contributed by atoms with E-state index in [1.807, 2.05) is 56.3 Å². The van der Waals surface area contributed by atoms with E-state index in [2.05, 4.69) is 17.2 Å². The highest BCUT2D eigenvalue weighted by atomic mass is 16.5. The highest BCUT2D eigenvalue weighted by Crippen LogP contribution is 2.18. The van der Waals surface area contributed by atoms with Gasteiger partial charge in [0.05, 0.1) is 13.2 Å². The smallest absolute Gasteiger partial charge is 0.243 e. The van der Waals surface area contributed by atoms with Crippen molar-refractivity contribution in [2.75, 3.05) is 30.4 Å². The summed E-state index contributed by atoms with van der Waals surface area (Å²) in [5.74, 6) is 1.37. The Morgan fingerprint density at radius 3 is 2.48 bits per heavy atom. The van der Waals surface area contributed by atoms with Crippen molar-refractivity contribution in [1.82, 2.24) is 0 Å². The Balaban J connectivity index is 1.83. The number of nitrogens with one attached hydrogen (secondary N) is 2. The van der Waals surface area contributed by atoms with Crippen LogP contribution >= 0.6 is 0 Å². The molecule has 0 aliphatic carbocycles. The summed E-state index contributed by atoms with van der Waals surface area (Å²) < 4.78 is 11.0. The van der Waals surface area contributed by atoms with E-state index < -0.39 is 0 Å². The van der Waals surface area contributed by atoms with Crippen molar-refractivity contribution in [3.05, 3.63) is 60.7 Å². The summed E-state index contributed by atoms with van der Waals surface area (Å²) >= 11 is 0. The van der Waals surface area contributed by atoms with Crippen molar-refractivity contribution in [3.63, 3.8) is 0 Å². The third-order valence-electron chi connectivity index (χ3n) is 3.22. The van der Waals surface area contributed by atoms with Crippen LogP contribution in [0.15, 0.2) is 60.7 Å². The predicted octanol–water partition coefficient (Wildman–Crippen LogP) is 4.09. The molecular formula is C20H24N2O3. The Morgan fingerprint density at radius 1 is 1.04 bits per heavy atom. The molecule has 5 heteroatoms. The molecule has 0 saturated carbocycles. The van der Waals surface area contributed by atoms with Gasteiger partial charge in [0.25, 0.3) is 0 Å². The fourth-order valence-electron chi connectivity index (χ4n) is 2.09. The standard InChI is InChI=1S/C20H24N2O3/c1-4-24-18-10-8-16(9-11-18)21-13-20(23)22-17-6-5-7-19(12-17)25-14-15(2)3/h5-12,21H,2,4,13-14H2,1,3H3,(H,22,23). The van der Waals surface area contributed by atoms with E-state index in [4.69, 9.17) is 9.47 Å². The van der Waals surface area contributed by atoms with Gasteiger partial charge in [0.1, 0.15) is 18.1 Å². The molecule has 2 rings (SSSR count). The molecule has 2 aromatic carbocycles. The van der Waals surface area contributed by atoms with E-state index in [1.54, 1.807) is 6.07 Å². The van der Waals surface area contributed by atoms with Crippen molar-refractivity contribution < 1.29 is 14.3 Å². The summed E-state index contributed by atoms with van der Waals surface area (Å²) in [6, 6.07) is 14.8. The molecule has 1 amide bonds. The van der Waals surface area contributed by atoms with Crippen molar-refractivity contribution in [1.29, 1.82) is 0 Å². The summed E-state index contributed by atoms with van der Waals surface area (Å²) in [6.45, 7) is 8.90. The summed E-state index contributed by atoms with van der Waals surface area (Å²) in [5, 5.41) is 5.92. The maximum Gasteiger partial charge on any atom is 0.243 e. The van der Waals surface area contributed by atoms with Gasteiger partial charge in [-0.3, -0.25) is 4.79 Å². The number of carbonyl (C=O) groups is 1. The van der Waals surface area contributed by atoms with E-state index in [9.17, 15) is 4.79 Å². The van der Waals surface area contributed by atoms with Gasteiger partial charge in [0.2, 0.25) is 5.91 Å². The second-order valence-corrected chi connectivity index (χ2v) is 5.63. The lowest BCUT2D eigenvalue weighted by Crippen LogP contribution is -2.21. The van der Waals surface area contributed by atoms with Crippen LogP contribution in [0.25, 0.3) is 0 Å². The van der Waals surface area contributed by atoms with Crippen LogP contribution < -0.4 is 20.1 Å². The second-order valence-electron chi connectivity index (χ2n) is 5.63. The molecule has 2 aromatic rings. The first kappa shape index (κ1) is 18.4. The molecule has 0 radical (unpaired) electrons. The van der Waals surface area contributed by atoms with Gasteiger partial charge in [-0.1, -0.05) is 12.6 Å². The summed E-state index contributed by atoms with van der Waals surface area (Å²) in [4.78, 5) is 12.1. The molecule has 0 atom stereocenters. The molecule has 25 heavy (non-hydrogen) atoms. The van der Waals surface area contributed by atoms with Gasteiger partial charge in [0.15, 0.2) is 0 Å². The minimum absolute atomic E-state index is 0.133. The first-order valence-corrected chi connectivity index (χ1v) is 8.20. The Kier molecular flexibility index (Phi) is 6.89. The molecule has 0 aliphatic rings. The third kappa shape index (κ3) is 6.59. The van der Waals surface area contributed by atoms with Crippen LogP contribution in [0, 0.1) is 0 Å². The zero-order chi connectivity index (χ0) is 18.1. The Hall–Kier alpha value is -2.95. The number of benzene rings is 2. The summed E-state index contributed by atoms with van der Waals surface area (Å²) in [5.41, 5.74) is 2.49. The first-order chi connectivity index (χ1) is 12.1. The van der Waals surface area contributed by atoms with Crippen LogP contribution in [0.4, 0.5) is 11.4 Å². The number of rotatable bonds is 9. The number of amides is 1. The highest BCUT2D eigenvalue weighted by molar-refractivity contribution is 5.93. The summed E-state index contributed by atoms with van der Waals surface area (Å²) in [7, 11) is 0. The van der Waals surface area contributed by atoms with Gasteiger partial charge in [-0.15, -0.1) is 0 Å². The Labute approximate surface area is 148 Å². The number of carbonyl (C=O) groups excluding carboxylic acids is 1. The lowest BCUT2D eigenvalue weighted by molar-refractivity contribution is -0.114. The molecule has 0 fully saturated rings. The minimum Gasteiger partial charge on any atom is -0.494 e. The maximum atomic E-state index is 12.1. The topological polar surface area (TPSA) is 59.6 Å². The molecule has 0 aromatic heterocycles. The van der Waals surface area contributed by atoms with Gasteiger partial charge in [0, 0.05) is 17.4 Å². The molecule has 132 valence electrons. The largest absolute Gasteiger partial charge is 0.494 e. The Morgan fingerprint density at radius 2 is 1.80 bits per heavy atom. The molecule has 0 unspecified atom stereocenters. The zero-order valence-corrected chi connectivity index (χ0v) is 14.7. The average Bonchev–Trinajstić information content (AvgIpc) is 2.60. The predicted molar refractivity (Wildman–Crippen MR) is 101 cm³/mol. The Bertz CT molecular complexity index is 711. The summed E-state index contributed by atoms with van der Waals surface area (Å²) in [6.07, 6.45) is 0. The fourth-order valence-corrected chi connectivity index (χ4v) is 2.09. The quantitative estimate of drug-likeness (QED) is 0.675. The van der Waals surface area contributed by atoms with E-state index in [0.717, 1.165) is 17.0 Å². The first-order valence-electron chi connectivity index (χ1n) is 8.20. The van der Waals surface area contributed by atoms with E-state index in [0.29, 0.717) is 24.7 Å². The number of hydrogen-bond acceptors (Lipinski definition) is 4. The van der Waals surface area contributed by atoms with Crippen LogP contribution in [0.3, 0.4) is 0 Å². The third-order valence-corrected chi connectivity index (χ3v) is 3.22. The molecule has 0 bridgehead atoms. The van der Waals surface area contributed by atoms with Crippen molar-refractivity contribution >= 4 is 17.3 Å². The van der Waals surface area contributed by atoms with Crippen LogP contribution in [-0.2, 0) is 4.79 Å². The van der Waals surface area contributed by atoms with Crippen molar-refractivity contribution in [2.24, 2.45) is 0 Å². The fraction of sp³-hybridized carbons (Fsp3) is 0.250. The maximum absolute atomic E-state index is 12.1. The molecule has 0 spiro atoms. The van der Waals surface area contributed by atoms with E-state index >= 15 is 0 Å².